The van der Waals surface area contributed by atoms with Crippen LogP contribution in [0.5, 0.6) is 0 Å². The maximum Gasteiger partial charge on any atom is 0.240 e. The Hall–Kier alpha value is -0.660. The molecule has 1 amide bonds. The second-order valence-electron chi connectivity index (χ2n) is 4.85. The monoisotopic (exact) mass is 262 g/mol. The first kappa shape index (κ1) is 12.8. The quantitative estimate of drug-likeness (QED) is 0.591. The molecule has 0 saturated carbocycles. The zero-order valence-corrected chi connectivity index (χ0v) is 10.6. The lowest BCUT2D eigenvalue weighted by Gasteiger charge is -2.34. The zero-order valence-electron chi connectivity index (χ0n) is 9.80. The summed E-state index contributed by atoms with van der Waals surface area (Å²) in [5, 5.41) is 12.3. The molecule has 2 aliphatic rings. The molecule has 98 valence electrons. The number of aliphatic hydroxyl groups excluding tert-OH is 1. The molecule has 0 aromatic heterocycles. The fourth-order valence-corrected chi connectivity index (χ4v) is 3.99. The highest BCUT2D eigenvalue weighted by atomic mass is 32.2. The van der Waals surface area contributed by atoms with Crippen molar-refractivity contribution in [2.24, 2.45) is 0 Å². The summed E-state index contributed by atoms with van der Waals surface area (Å²) < 4.78 is 22.8. The molecule has 2 fully saturated rings. The Morgan fingerprint density at radius 2 is 2.18 bits per heavy atom. The van der Waals surface area contributed by atoms with Crippen molar-refractivity contribution in [3.8, 4) is 0 Å². The molecule has 0 bridgehead atoms. The Bertz CT molecular complexity index is 409. The lowest BCUT2D eigenvalue weighted by atomic mass is 10.1. The van der Waals surface area contributed by atoms with Gasteiger partial charge in [-0.1, -0.05) is 0 Å². The Balaban J connectivity index is 2.01. The lowest BCUT2D eigenvalue weighted by molar-refractivity contribution is -0.134. The third kappa shape index (κ3) is 2.78. The molecule has 2 rings (SSSR count). The minimum absolute atomic E-state index is 0.0357. The Morgan fingerprint density at radius 3 is 2.71 bits per heavy atom. The molecule has 6 nitrogen and oxygen atoms in total. The van der Waals surface area contributed by atoms with E-state index in [2.05, 4.69) is 5.32 Å². The van der Waals surface area contributed by atoms with Gasteiger partial charge in [0.1, 0.15) is 0 Å². The maximum absolute atomic E-state index is 12.1. The third-order valence-corrected chi connectivity index (χ3v) is 5.15. The van der Waals surface area contributed by atoms with Gasteiger partial charge in [0, 0.05) is 19.1 Å². The summed E-state index contributed by atoms with van der Waals surface area (Å²) in [6.07, 6.45) is -0.0674. The number of aliphatic hydroxyl groups is 1. The Kier molecular flexibility index (Phi) is 3.42. The van der Waals surface area contributed by atoms with E-state index in [0.29, 0.717) is 13.0 Å². The number of hydrogen-bond acceptors (Lipinski definition) is 5. The maximum atomic E-state index is 12.1. The molecule has 3 unspecified atom stereocenters. The number of nitrogens with one attached hydrogen (secondary N) is 1. The molecular formula is C10H18N2O4S. The summed E-state index contributed by atoms with van der Waals surface area (Å²) in [4.78, 5) is 13.7. The normalized spacial score (nSPS) is 37.1. The van der Waals surface area contributed by atoms with Crippen molar-refractivity contribution < 1.29 is 18.3 Å². The van der Waals surface area contributed by atoms with Gasteiger partial charge in [-0.3, -0.25) is 4.79 Å². The number of sulfone groups is 1. The predicted octanol–water partition coefficient (Wildman–Crippen LogP) is -1.65. The summed E-state index contributed by atoms with van der Waals surface area (Å²) in [7, 11) is -3.00. The van der Waals surface area contributed by atoms with Crippen molar-refractivity contribution in [2.45, 2.75) is 31.5 Å². The predicted molar refractivity (Wildman–Crippen MR) is 62.2 cm³/mol. The molecule has 0 spiro atoms. The fourth-order valence-electron chi connectivity index (χ4n) is 2.43. The number of carbonyl (C=O) groups excluding carboxylic acids is 1. The van der Waals surface area contributed by atoms with Gasteiger partial charge in [-0.25, -0.2) is 8.42 Å². The fraction of sp³-hybridized carbons (Fsp3) is 0.900. The number of nitrogens with zero attached hydrogens (tertiary/aromatic N) is 1. The van der Waals surface area contributed by atoms with Crippen molar-refractivity contribution in [3.63, 3.8) is 0 Å². The van der Waals surface area contributed by atoms with Crippen LogP contribution in [0.3, 0.4) is 0 Å². The molecule has 0 aromatic rings. The SMILES string of the molecule is CC1CS(=O)(=O)CCN1C(=O)C1CC(O)CN1. The van der Waals surface area contributed by atoms with E-state index < -0.39 is 15.9 Å². The van der Waals surface area contributed by atoms with Crippen LogP contribution < -0.4 is 5.32 Å². The highest BCUT2D eigenvalue weighted by Crippen LogP contribution is 2.16. The molecule has 0 aromatic carbocycles. The first-order chi connectivity index (χ1) is 7.89. The summed E-state index contributed by atoms with van der Waals surface area (Å²) in [6, 6.07) is -0.644. The number of hydrogen-bond donors (Lipinski definition) is 2. The number of rotatable bonds is 1. The first-order valence-corrected chi connectivity index (χ1v) is 7.63. The number of carbonyl (C=O) groups is 1. The highest BCUT2D eigenvalue weighted by Gasteiger charge is 2.37. The van der Waals surface area contributed by atoms with Gasteiger partial charge in [0.05, 0.1) is 23.7 Å². The van der Waals surface area contributed by atoms with Crippen LogP contribution in [0, 0.1) is 0 Å². The zero-order chi connectivity index (χ0) is 12.6. The second-order valence-corrected chi connectivity index (χ2v) is 7.07. The molecular weight excluding hydrogens is 244 g/mol. The van der Waals surface area contributed by atoms with E-state index in [-0.39, 0.29) is 36.0 Å². The first-order valence-electron chi connectivity index (χ1n) is 5.81. The minimum atomic E-state index is -3.00. The van der Waals surface area contributed by atoms with Crippen molar-refractivity contribution >= 4 is 15.7 Å². The Morgan fingerprint density at radius 1 is 1.47 bits per heavy atom. The summed E-state index contributed by atoms with van der Waals surface area (Å²) >= 11 is 0. The average molecular weight is 262 g/mol. The second kappa shape index (κ2) is 4.55. The summed E-state index contributed by atoms with van der Waals surface area (Å²) in [5.41, 5.74) is 0. The van der Waals surface area contributed by atoms with Crippen molar-refractivity contribution in [2.75, 3.05) is 24.6 Å². The Labute approximate surface area is 101 Å². The van der Waals surface area contributed by atoms with Crippen molar-refractivity contribution in [3.05, 3.63) is 0 Å². The van der Waals surface area contributed by atoms with E-state index in [0.717, 1.165) is 0 Å². The van der Waals surface area contributed by atoms with Crippen LogP contribution >= 0.6 is 0 Å². The van der Waals surface area contributed by atoms with Crippen LogP contribution in [0.25, 0.3) is 0 Å². The van der Waals surface area contributed by atoms with Crippen LogP contribution in [0.2, 0.25) is 0 Å². The van der Waals surface area contributed by atoms with Crippen molar-refractivity contribution in [1.29, 1.82) is 0 Å². The smallest absolute Gasteiger partial charge is 0.240 e. The van der Waals surface area contributed by atoms with Crippen LogP contribution in [-0.4, -0.2) is 67.1 Å². The molecule has 7 heteroatoms. The van der Waals surface area contributed by atoms with E-state index >= 15 is 0 Å². The van der Waals surface area contributed by atoms with Gasteiger partial charge >= 0.3 is 0 Å². The number of β-amino-alcohol motifs (C(OH)–C–C–N with tert-alkyl or cyclic N) is 1. The van der Waals surface area contributed by atoms with Crippen LogP contribution in [0.1, 0.15) is 13.3 Å². The van der Waals surface area contributed by atoms with Gasteiger partial charge in [0.15, 0.2) is 9.84 Å². The molecule has 2 heterocycles. The van der Waals surface area contributed by atoms with Gasteiger partial charge in [0.25, 0.3) is 0 Å². The van der Waals surface area contributed by atoms with Gasteiger partial charge in [-0.15, -0.1) is 0 Å². The molecule has 3 atom stereocenters. The van der Waals surface area contributed by atoms with Crippen LogP contribution in [0.4, 0.5) is 0 Å². The standard InChI is InChI=1S/C10H18N2O4S/c1-7-6-17(15,16)3-2-12(7)10(14)9-4-8(13)5-11-9/h7-9,11,13H,2-6H2,1H3. The van der Waals surface area contributed by atoms with E-state index in [1.807, 2.05) is 0 Å². The third-order valence-electron chi connectivity index (χ3n) is 3.36. The molecule has 0 aliphatic carbocycles. The molecule has 2 saturated heterocycles. The van der Waals surface area contributed by atoms with Crippen LogP contribution in [-0.2, 0) is 14.6 Å². The van der Waals surface area contributed by atoms with E-state index in [9.17, 15) is 18.3 Å². The van der Waals surface area contributed by atoms with Gasteiger partial charge in [-0.05, 0) is 13.3 Å². The lowest BCUT2D eigenvalue weighted by Crippen LogP contribution is -2.54. The van der Waals surface area contributed by atoms with Gasteiger partial charge in [-0.2, -0.15) is 0 Å². The van der Waals surface area contributed by atoms with Crippen LogP contribution in [0.15, 0.2) is 0 Å². The molecule has 2 aliphatic heterocycles. The highest BCUT2D eigenvalue weighted by molar-refractivity contribution is 7.91. The van der Waals surface area contributed by atoms with E-state index in [4.69, 9.17) is 0 Å². The van der Waals surface area contributed by atoms with Crippen molar-refractivity contribution in [1.82, 2.24) is 10.2 Å². The molecule has 17 heavy (non-hydrogen) atoms. The van der Waals surface area contributed by atoms with E-state index in [1.54, 1.807) is 11.8 Å². The molecule has 2 N–H and O–H groups in total. The average Bonchev–Trinajstić information content (AvgIpc) is 2.62. The summed E-state index contributed by atoms with van der Waals surface area (Å²) in [6.45, 7) is 2.44. The number of amides is 1. The largest absolute Gasteiger partial charge is 0.392 e. The molecule has 0 radical (unpaired) electrons. The van der Waals surface area contributed by atoms with Gasteiger partial charge in [0.2, 0.25) is 5.91 Å². The summed E-state index contributed by atoms with van der Waals surface area (Å²) in [5.74, 6) is -0.0178. The topological polar surface area (TPSA) is 86.7 Å². The minimum Gasteiger partial charge on any atom is -0.392 e. The van der Waals surface area contributed by atoms with Gasteiger partial charge < -0.3 is 15.3 Å². The van der Waals surface area contributed by atoms with E-state index in [1.165, 1.54) is 0 Å².